The van der Waals surface area contributed by atoms with Gasteiger partial charge in [0, 0.05) is 40.6 Å². The molecule has 0 spiro atoms. The van der Waals surface area contributed by atoms with Crippen LogP contribution in [0.3, 0.4) is 0 Å². The lowest BCUT2D eigenvalue weighted by Crippen LogP contribution is -2.30. The minimum Gasteiger partial charge on any atom is -0.480 e. The molecule has 0 fully saturated rings. The summed E-state index contributed by atoms with van der Waals surface area (Å²) in [6, 6.07) is 10.9. The lowest BCUT2D eigenvalue weighted by molar-refractivity contribution is -0.141. The topological polar surface area (TPSA) is 72.2 Å². The zero-order valence-electron chi connectivity index (χ0n) is 13.5. The quantitative estimate of drug-likeness (QED) is 0.655. The van der Waals surface area contributed by atoms with Gasteiger partial charge in [0.05, 0.1) is 0 Å². The van der Waals surface area contributed by atoms with Crippen LogP contribution in [0.25, 0.3) is 11.1 Å². The van der Waals surface area contributed by atoms with Gasteiger partial charge in [0.15, 0.2) is 0 Å². The number of halogens is 2. The third-order valence-corrected chi connectivity index (χ3v) is 4.91. The van der Waals surface area contributed by atoms with Crippen LogP contribution in [0.5, 0.6) is 0 Å². The SMILES string of the molecule is O=C(O)C(Cc1ccncc1)n1ccc(-c2cc(Cl)ccc2Br)cc1=O. The first kappa shape index (κ1) is 18.4. The molecular weight excluding hydrogens is 420 g/mol. The fourth-order valence-electron chi connectivity index (χ4n) is 2.68. The number of carboxylic acid groups (broad SMARTS) is 1. The van der Waals surface area contributed by atoms with E-state index in [1.54, 1.807) is 48.8 Å². The van der Waals surface area contributed by atoms with Gasteiger partial charge in [-0.15, -0.1) is 0 Å². The van der Waals surface area contributed by atoms with Crippen molar-refractivity contribution in [2.75, 3.05) is 0 Å². The van der Waals surface area contributed by atoms with E-state index >= 15 is 0 Å². The third kappa shape index (κ3) is 4.03. The van der Waals surface area contributed by atoms with E-state index in [4.69, 9.17) is 11.6 Å². The van der Waals surface area contributed by atoms with Gasteiger partial charge in [0.1, 0.15) is 6.04 Å². The smallest absolute Gasteiger partial charge is 0.327 e. The Kier molecular flexibility index (Phi) is 5.54. The van der Waals surface area contributed by atoms with Crippen LogP contribution in [0.1, 0.15) is 11.6 Å². The number of aromatic nitrogens is 2. The van der Waals surface area contributed by atoms with Gasteiger partial charge < -0.3 is 9.67 Å². The summed E-state index contributed by atoms with van der Waals surface area (Å²) in [5.41, 5.74) is 1.83. The Balaban J connectivity index is 1.98. The Morgan fingerprint density at radius 2 is 1.92 bits per heavy atom. The van der Waals surface area contributed by atoms with Gasteiger partial charge in [0.2, 0.25) is 0 Å². The van der Waals surface area contributed by atoms with Crippen LogP contribution in [-0.2, 0) is 11.2 Å². The molecule has 132 valence electrons. The lowest BCUT2D eigenvalue weighted by atomic mass is 10.1. The number of carboxylic acids is 1. The Labute approximate surface area is 163 Å². The Bertz CT molecular complexity index is 1010. The van der Waals surface area contributed by atoms with Crippen LogP contribution in [0.2, 0.25) is 5.02 Å². The summed E-state index contributed by atoms with van der Waals surface area (Å²) in [5.74, 6) is -1.07. The highest BCUT2D eigenvalue weighted by molar-refractivity contribution is 9.10. The molecule has 0 aliphatic carbocycles. The summed E-state index contributed by atoms with van der Waals surface area (Å²) in [6.07, 6.45) is 4.89. The van der Waals surface area contributed by atoms with Gasteiger partial charge in [-0.2, -0.15) is 0 Å². The normalized spacial score (nSPS) is 11.9. The molecule has 1 unspecified atom stereocenters. The van der Waals surface area contributed by atoms with Crippen molar-refractivity contribution in [2.45, 2.75) is 12.5 Å². The van der Waals surface area contributed by atoms with E-state index in [2.05, 4.69) is 20.9 Å². The van der Waals surface area contributed by atoms with E-state index in [1.807, 2.05) is 0 Å². The fourth-order valence-corrected chi connectivity index (χ4v) is 3.33. The lowest BCUT2D eigenvalue weighted by Gasteiger charge is -2.16. The van der Waals surface area contributed by atoms with Gasteiger partial charge >= 0.3 is 5.97 Å². The van der Waals surface area contributed by atoms with Crippen LogP contribution in [0.4, 0.5) is 0 Å². The van der Waals surface area contributed by atoms with Crippen LogP contribution >= 0.6 is 27.5 Å². The molecule has 3 rings (SSSR count). The van der Waals surface area contributed by atoms with Crippen molar-refractivity contribution in [1.82, 2.24) is 9.55 Å². The highest BCUT2D eigenvalue weighted by atomic mass is 79.9. The number of rotatable bonds is 5. The van der Waals surface area contributed by atoms with E-state index in [0.29, 0.717) is 10.6 Å². The van der Waals surface area contributed by atoms with E-state index in [1.165, 1.54) is 16.8 Å². The molecule has 0 radical (unpaired) electrons. The summed E-state index contributed by atoms with van der Waals surface area (Å²) in [7, 11) is 0. The molecule has 1 N–H and O–H groups in total. The third-order valence-electron chi connectivity index (χ3n) is 3.99. The number of nitrogens with zero attached hydrogens (tertiary/aromatic N) is 2. The largest absolute Gasteiger partial charge is 0.480 e. The van der Waals surface area contributed by atoms with Gasteiger partial charge in [0.25, 0.3) is 5.56 Å². The van der Waals surface area contributed by atoms with E-state index in [-0.39, 0.29) is 6.42 Å². The fraction of sp³-hybridized carbons (Fsp3) is 0.105. The predicted molar refractivity (Wildman–Crippen MR) is 103 cm³/mol. The maximum absolute atomic E-state index is 12.6. The number of benzene rings is 1. The van der Waals surface area contributed by atoms with Crippen molar-refractivity contribution in [2.24, 2.45) is 0 Å². The highest BCUT2D eigenvalue weighted by Crippen LogP contribution is 2.30. The van der Waals surface area contributed by atoms with Crippen molar-refractivity contribution in [1.29, 1.82) is 0 Å². The molecule has 0 amide bonds. The highest BCUT2D eigenvalue weighted by Gasteiger charge is 2.21. The molecule has 7 heteroatoms. The summed E-state index contributed by atoms with van der Waals surface area (Å²) in [4.78, 5) is 28.2. The van der Waals surface area contributed by atoms with E-state index < -0.39 is 17.6 Å². The zero-order valence-corrected chi connectivity index (χ0v) is 15.8. The minimum atomic E-state index is -1.07. The number of hydrogen-bond acceptors (Lipinski definition) is 3. The second-order valence-corrected chi connectivity index (χ2v) is 6.99. The van der Waals surface area contributed by atoms with Gasteiger partial charge in [-0.25, -0.2) is 4.79 Å². The number of carbonyl (C=O) groups is 1. The van der Waals surface area contributed by atoms with Crippen molar-refractivity contribution in [3.8, 4) is 11.1 Å². The van der Waals surface area contributed by atoms with Crippen molar-refractivity contribution in [3.05, 3.63) is 86.5 Å². The monoisotopic (exact) mass is 432 g/mol. The second kappa shape index (κ2) is 7.85. The maximum atomic E-state index is 12.6. The zero-order chi connectivity index (χ0) is 18.7. The van der Waals surface area contributed by atoms with Gasteiger partial charge in [-0.3, -0.25) is 9.78 Å². The molecule has 0 saturated carbocycles. The molecule has 5 nitrogen and oxygen atoms in total. The van der Waals surface area contributed by atoms with Gasteiger partial charge in [-0.1, -0.05) is 27.5 Å². The molecule has 0 saturated heterocycles. The average molecular weight is 434 g/mol. The summed E-state index contributed by atoms with van der Waals surface area (Å²) in [5, 5.41) is 10.1. The molecule has 0 bridgehead atoms. The number of hydrogen-bond donors (Lipinski definition) is 1. The summed E-state index contributed by atoms with van der Waals surface area (Å²) >= 11 is 9.47. The van der Waals surface area contributed by atoms with Gasteiger partial charge in [-0.05, 0) is 53.1 Å². The predicted octanol–water partition coefficient (Wildman–Crippen LogP) is 4.19. The van der Waals surface area contributed by atoms with Crippen LogP contribution in [-0.4, -0.2) is 20.6 Å². The first-order chi connectivity index (χ1) is 12.5. The standard InChI is InChI=1S/C19H14BrClN2O3/c20-16-2-1-14(21)11-15(16)13-5-8-23(18(24)10-13)17(19(25)26)9-12-3-6-22-7-4-12/h1-8,10-11,17H,9H2,(H,25,26). The summed E-state index contributed by atoms with van der Waals surface area (Å²) in [6.45, 7) is 0. The number of pyridine rings is 2. The molecule has 0 aliphatic rings. The Hall–Kier alpha value is -2.44. The molecule has 1 atom stereocenters. The molecule has 0 aliphatic heterocycles. The van der Waals surface area contributed by atoms with E-state index in [9.17, 15) is 14.7 Å². The molecule has 2 heterocycles. The molecular formula is C19H14BrClN2O3. The maximum Gasteiger partial charge on any atom is 0.327 e. The Morgan fingerprint density at radius 3 is 2.58 bits per heavy atom. The molecule has 1 aromatic carbocycles. The van der Waals surface area contributed by atoms with Crippen molar-refractivity contribution >= 4 is 33.5 Å². The van der Waals surface area contributed by atoms with E-state index in [0.717, 1.165) is 15.6 Å². The Morgan fingerprint density at radius 1 is 1.19 bits per heavy atom. The average Bonchev–Trinajstić information content (AvgIpc) is 2.63. The van der Waals surface area contributed by atoms with Crippen molar-refractivity contribution in [3.63, 3.8) is 0 Å². The minimum absolute atomic E-state index is 0.192. The molecule has 3 aromatic rings. The van der Waals surface area contributed by atoms with Crippen LogP contribution < -0.4 is 5.56 Å². The molecule has 26 heavy (non-hydrogen) atoms. The first-order valence-electron chi connectivity index (χ1n) is 7.75. The second-order valence-electron chi connectivity index (χ2n) is 5.70. The summed E-state index contributed by atoms with van der Waals surface area (Å²) < 4.78 is 2.02. The number of aliphatic carboxylic acids is 1. The molecule has 2 aromatic heterocycles. The van der Waals surface area contributed by atoms with Crippen LogP contribution in [0.15, 0.2) is 70.3 Å². The van der Waals surface area contributed by atoms with Crippen LogP contribution in [0, 0.1) is 0 Å². The van der Waals surface area contributed by atoms with Crippen molar-refractivity contribution < 1.29 is 9.90 Å². The first-order valence-corrected chi connectivity index (χ1v) is 8.92.